The van der Waals surface area contributed by atoms with Gasteiger partial charge in [0.05, 0.1) is 11.6 Å². The highest BCUT2D eigenvalue weighted by atomic mass is 79.9. The normalized spacial score (nSPS) is 14.7. The summed E-state index contributed by atoms with van der Waals surface area (Å²) in [5.74, 6) is -0.235. The number of carbonyl (C=O) groups is 1. The number of cyclic esters (lactones) is 1. The number of esters is 1. The molecule has 3 aromatic rings. The van der Waals surface area contributed by atoms with E-state index in [1.165, 1.54) is 25.3 Å². The lowest BCUT2D eigenvalue weighted by atomic mass is 10.1. The van der Waals surface area contributed by atoms with Crippen molar-refractivity contribution in [3.05, 3.63) is 93.6 Å². The number of hydrogen-bond acceptors (Lipinski definition) is 7. The standard InChI is InChI=1S/C24H18BrNO6S/c1-15-8-10-18(11-9-15)33(28,29)32-22-19(25)12-16(14-21(22)30-2)13-20-24(27)31-23(26-20)17-6-4-3-5-7-17/h3-14H,1-2H3/b20-13+. The summed E-state index contributed by atoms with van der Waals surface area (Å²) in [7, 11) is -2.70. The van der Waals surface area contributed by atoms with Crippen molar-refractivity contribution in [2.24, 2.45) is 4.99 Å². The number of carbonyl (C=O) groups excluding carboxylic acids is 1. The van der Waals surface area contributed by atoms with Gasteiger partial charge in [0.25, 0.3) is 0 Å². The first-order valence-corrected chi connectivity index (χ1v) is 11.9. The van der Waals surface area contributed by atoms with Gasteiger partial charge in [-0.25, -0.2) is 9.79 Å². The van der Waals surface area contributed by atoms with Crippen LogP contribution in [0.25, 0.3) is 6.08 Å². The maximum atomic E-state index is 12.7. The molecule has 1 aliphatic heterocycles. The fraction of sp³-hybridized carbons (Fsp3) is 0.0833. The zero-order valence-electron chi connectivity index (χ0n) is 17.6. The fourth-order valence-corrected chi connectivity index (χ4v) is 4.64. The molecular formula is C24H18BrNO6S. The van der Waals surface area contributed by atoms with E-state index in [2.05, 4.69) is 20.9 Å². The number of benzene rings is 3. The first-order chi connectivity index (χ1) is 15.8. The predicted molar refractivity (Wildman–Crippen MR) is 127 cm³/mol. The minimum atomic E-state index is -4.09. The number of methoxy groups -OCH3 is 1. The number of ether oxygens (including phenoxy) is 2. The Hall–Kier alpha value is -3.43. The number of halogens is 1. The molecular weight excluding hydrogens is 510 g/mol. The smallest absolute Gasteiger partial charge is 0.363 e. The Labute approximate surface area is 199 Å². The van der Waals surface area contributed by atoms with Crippen molar-refractivity contribution in [1.29, 1.82) is 0 Å². The third-order valence-electron chi connectivity index (χ3n) is 4.70. The van der Waals surface area contributed by atoms with Gasteiger partial charge in [-0.15, -0.1) is 0 Å². The maximum absolute atomic E-state index is 12.7. The topological polar surface area (TPSA) is 91.3 Å². The molecule has 0 N–H and O–H groups in total. The highest BCUT2D eigenvalue weighted by Crippen LogP contribution is 2.39. The van der Waals surface area contributed by atoms with Crippen LogP contribution in [0.5, 0.6) is 11.5 Å². The van der Waals surface area contributed by atoms with Crippen LogP contribution in [0.1, 0.15) is 16.7 Å². The molecule has 0 atom stereocenters. The second-order valence-electron chi connectivity index (χ2n) is 7.09. The molecule has 0 bridgehead atoms. The summed E-state index contributed by atoms with van der Waals surface area (Å²) < 4.78 is 41.7. The zero-order valence-corrected chi connectivity index (χ0v) is 20.0. The Morgan fingerprint density at radius 1 is 1.03 bits per heavy atom. The second kappa shape index (κ2) is 9.21. The molecule has 0 amide bonds. The van der Waals surface area contributed by atoms with E-state index < -0.39 is 16.1 Å². The van der Waals surface area contributed by atoms with Crippen LogP contribution in [0.4, 0.5) is 0 Å². The summed E-state index contributed by atoms with van der Waals surface area (Å²) in [6.07, 6.45) is 1.52. The number of nitrogens with zero attached hydrogens (tertiary/aromatic N) is 1. The third kappa shape index (κ3) is 4.99. The van der Waals surface area contributed by atoms with E-state index in [9.17, 15) is 13.2 Å². The van der Waals surface area contributed by atoms with Gasteiger partial charge in [0, 0.05) is 5.56 Å². The van der Waals surface area contributed by atoms with E-state index in [-0.39, 0.29) is 28.0 Å². The molecule has 1 heterocycles. The van der Waals surface area contributed by atoms with E-state index in [4.69, 9.17) is 13.7 Å². The van der Waals surface area contributed by atoms with Crippen molar-refractivity contribution in [3.63, 3.8) is 0 Å². The van der Waals surface area contributed by atoms with E-state index in [0.29, 0.717) is 15.6 Å². The van der Waals surface area contributed by atoms with E-state index in [1.807, 2.05) is 25.1 Å². The van der Waals surface area contributed by atoms with Gasteiger partial charge in [0.1, 0.15) is 4.90 Å². The highest BCUT2D eigenvalue weighted by Gasteiger charge is 2.25. The lowest BCUT2D eigenvalue weighted by molar-refractivity contribution is -0.129. The van der Waals surface area contributed by atoms with Gasteiger partial charge in [-0.05, 0) is 70.9 Å². The quantitative estimate of drug-likeness (QED) is 0.258. The summed E-state index contributed by atoms with van der Waals surface area (Å²) in [5.41, 5.74) is 2.24. The number of aryl methyl sites for hydroxylation is 1. The van der Waals surface area contributed by atoms with Gasteiger partial charge in [-0.2, -0.15) is 8.42 Å². The maximum Gasteiger partial charge on any atom is 0.363 e. The van der Waals surface area contributed by atoms with Gasteiger partial charge in [-0.3, -0.25) is 0 Å². The Kier molecular flexibility index (Phi) is 6.35. The van der Waals surface area contributed by atoms with Crippen molar-refractivity contribution >= 4 is 44.0 Å². The summed E-state index contributed by atoms with van der Waals surface area (Å²) in [4.78, 5) is 16.6. The van der Waals surface area contributed by atoms with Gasteiger partial charge in [-0.1, -0.05) is 35.9 Å². The largest absolute Gasteiger partial charge is 0.493 e. The molecule has 0 fully saturated rings. The summed E-state index contributed by atoms with van der Waals surface area (Å²) in [5, 5.41) is 0. The molecule has 0 aliphatic carbocycles. The third-order valence-corrected chi connectivity index (χ3v) is 6.52. The van der Waals surface area contributed by atoms with Crippen molar-refractivity contribution in [1.82, 2.24) is 0 Å². The molecule has 3 aromatic carbocycles. The highest BCUT2D eigenvalue weighted by molar-refractivity contribution is 9.10. The predicted octanol–water partition coefficient (Wildman–Crippen LogP) is 4.88. The summed E-state index contributed by atoms with van der Waals surface area (Å²) in [6.45, 7) is 1.86. The SMILES string of the molecule is COc1cc(/C=C2/N=C(c3ccccc3)OC2=O)cc(Br)c1OS(=O)(=O)c1ccc(C)cc1. The average Bonchev–Trinajstić information content (AvgIpc) is 3.16. The van der Waals surface area contributed by atoms with Crippen LogP contribution in [-0.2, 0) is 19.6 Å². The summed E-state index contributed by atoms with van der Waals surface area (Å²) in [6, 6.07) is 18.5. The van der Waals surface area contributed by atoms with E-state index in [1.54, 1.807) is 36.4 Å². The molecule has 9 heteroatoms. The average molecular weight is 528 g/mol. The lowest BCUT2D eigenvalue weighted by Crippen LogP contribution is -2.11. The number of hydrogen-bond donors (Lipinski definition) is 0. The molecule has 7 nitrogen and oxygen atoms in total. The van der Waals surface area contributed by atoms with Crippen molar-refractivity contribution in [2.45, 2.75) is 11.8 Å². The van der Waals surface area contributed by atoms with Crippen molar-refractivity contribution in [2.75, 3.05) is 7.11 Å². The van der Waals surface area contributed by atoms with Crippen LogP contribution < -0.4 is 8.92 Å². The number of aliphatic imine (C=N–C) groups is 1. The minimum Gasteiger partial charge on any atom is -0.493 e. The van der Waals surface area contributed by atoms with Crippen molar-refractivity contribution in [3.8, 4) is 11.5 Å². The molecule has 0 spiro atoms. The molecule has 33 heavy (non-hydrogen) atoms. The van der Waals surface area contributed by atoms with Crippen LogP contribution in [-0.4, -0.2) is 27.4 Å². The van der Waals surface area contributed by atoms with Crippen LogP contribution in [0.2, 0.25) is 0 Å². The molecule has 0 unspecified atom stereocenters. The van der Waals surface area contributed by atoms with E-state index >= 15 is 0 Å². The van der Waals surface area contributed by atoms with Crippen molar-refractivity contribution < 1.29 is 26.9 Å². The Morgan fingerprint density at radius 2 is 1.73 bits per heavy atom. The van der Waals surface area contributed by atoms with E-state index in [0.717, 1.165) is 5.56 Å². The number of rotatable bonds is 6. The van der Waals surface area contributed by atoms with Crippen LogP contribution in [0.15, 0.2) is 86.8 Å². The molecule has 0 saturated heterocycles. The fourth-order valence-electron chi connectivity index (χ4n) is 3.04. The molecule has 0 aromatic heterocycles. The minimum absolute atomic E-state index is 0.0114. The van der Waals surface area contributed by atoms with Gasteiger partial charge < -0.3 is 13.7 Å². The molecule has 168 valence electrons. The zero-order chi connectivity index (χ0) is 23.6. The van der Waals surface area contributed by atoms with Gasteiger partial charge in [0.2, 0.25) is 5.90 Å². The van der Waals surface area contributed by atoms with Crippen LogP contribution in [0.3, 0.4) is 0 Å². The molecule has 0 radical (unpaired) electrons. The van der Waals surface area contributed by atoms with Crippen LogP contribution >= 0.6 is 15.9 Å². The summed E-state index contributed by atoms with van der Waals surface area (Å²) >= 11 is 3.34. The molecule has 4 rings (SSSR count). The first-order valence-electron chi connectivity index (χ1n) is 9.73. The van der Waals surface area contributed by atoms with Gasteiger partial charge >= 0.3 is 16.1 Å². The first kappa shape index (κ1) is 22.8. The van der Waals surface area contributed by atoms with Crippen LogP contribution in [0, 0.1) is 6.92 Å². The molecule has 1 aliphatic rings. The monoisotopic (exact) mass is 527 g/mol. The second-order valence-corrected chi connectivity index (χ2v) is 9.49. The Balaban J connectivity index is 1.66. The van der Waals surface area contributed by atoms with Gasteiger partial charge in [0.15, 0.2) is 17.2 Å². The Bertz CT molecular complexity index is 1380. The Morgan fingerprint density at radius 3 is 2.39 bits per heavy atom. The lowest BCUT2D eigenvalue weighted by Gasteiger charge is -2.13. The molecule has 0 saturated carbocycles.